The highest BCUT2D eigenvalue weighted by Gasteiger charge is 2.42. The van der Waals surface area contributed by atoms with E-state index in [1.165, 1.54) is 18.7 Å². The van der Waals surface area contributed by atoms with Crippen molar-refractivity contribution in [1.82, 2.24) is 10.6 Å². The summed E-state index contributed by atoms with van der Waals surface area (Å²) in [6.45, 7) is 0.130. The quantitative estimate of drug-likeness (QED) is 0.476. The molecule has 0 spiro atoms. The molecule has 2 heterocycles. The highest BCUT2D eigenvalue weighted by molar-refractivity contribution is 7.60. The molecule has 2 rings (SSSR count). The Morgan fingerprint density at radius 3 is 3.15 bits per heavy atom. The molecule has 2 saturated heterocycles. The van der Waals surface area contributed by atoms with E-state index in [1.54, 1.807) is 0 Å². The zero-order valence-corrected chi connectivity index (χ0v) is 8.18. The van der Waals surface area contributed by atoms with Crippen LogP contribution < -0.4 is 10.6 Å². The molecule has 4 nitrogen and oxygen atoms in total. The van der Waals surface area contributed by atoms with Crippen LogP contribution >= 0.6 is 7.92 Å². The molecule has 13 heavy (non-hydrogen) atoms. The molecule has 2 N–H and O–H groups in total. The highest BCUT2D eigenvalue weighted by Crippen LogP contribution is 2.52. The second-order valence-corrected chi connectivity index (χ2v) is 5.93. The monoisotopic (exact) mass is 197 g/mol. The van der Waals surface area contributed by atoms with Gasteiger partial charge < -0.3 is 5.32 Å². The smallest absolute Gasteiger partial charge is 0.242 e. The van der Waals surface area contributed by atoms with Gasteiger partial charge in [0.05, 0.1) is 6.07 Å². The minimum Gasteiger partial charge on any atom is -0.341 e. The lowest BCUT2D eigenvalue weighted by molar-refractivity contribution is -0.121. The average Bonchev–Trinajstić information content (AvgIpc) is 2.74. The molecular weight excluding hydrogens is 185 g/mol. The molecule has 2 aliphatic rings. The number of hydrogen-bond donors (Lipinski definition) is 2. The summed E-state index contributed by atoms with van der Waals surface area (Å²) >= 11 is 0. The van der Waals surface area contributed by atoms with Gasteiger partial charge in [-0.1, -0.05) is 7.92 Å². The normalized spacial score (nSPS) is 35.8. The number of nitrogens with one attached hydrogen (secondary N) is 2. The molecule has 1 amide bonds. The zero-order valence-electron chi connectivity index (χ0n) is 7.29. The lowest BCUT2D eigenvalue weighted by Crippen LogP contribution is -2.44. The Labute approximate surface area is 78.4 Å². The minimum absolute atomic E-state index is 0.0230. The van der Waals surface area contributed by atoms with Crippen LogP contribution in [0.4, 0.5) is 0 Å². The Balaban J connectivity index is 1.88. The van der Waals surface area contributed by atoms with Crippen LogP contribution in [0.15, 0.2) is 0 Å². The van der Waals surface area contributed by atoms with E-state index < -0.39 is 0 Å². The molecule has 0 aromatic rings. The lowest BCUT2D eigenvalue weighted by atomic mass is 10.2. The first-order valence-electron chi connectivity index (χ1n) is 4.46. The molecule has 2 unspecified atom stereocenters. The first-order chi connectivity index (χ1) is 6.31. The van der Waals surface area contributed by atoms with Gasteiger partial charge in [0.1, 0.15) is 12.3 Å². The number of rotatable bonds is 2. The fourth-order valence-electron chi connectivity index (χ4n) is 1.95. The second-order valence-electron chi connectivity index (χ2n) is 3.43. The molecule has 2 fully saturated rings. The van der Waals surface area contributed by atoms with Crippen LogP contribution in [0.25, 0.3) is 0 Å². The largest absolute Gasteiger partial charge is 0.341 e. The number of carbonyl (C=O) groups is 1. The maximum absolute atomic E-state index is 11.5. The van der Waals surface area contributed by atoms with E-state index in [9.17, 15) is 4.79 Å². The van der Waals surface area contributed by atoms with Gasteiger partial charge in [-0.3, -0.25) is 10.1 Å². The van der Waals surface area contributed by atoms with Gasteiger partial charge in [0.15, 0.2) is 0 Å². The third kappa shape index (κ3) is 1.67. The maximum Gasteiger partial charge on any atom is 0.242 e. The van der Waals surface area contributed by atoms with Crippen LogP contribution in [-0.2, 0) is 4.79 Å². The molecule has 2 aliphatic heterocycles. The summed E-state index contributed by atoms with van der Waals surface area (Å²) in [6.07, 6.45) is 3.64. The Kier molecular flexibility index (Phi) is 2.48. The summed E-state index contributed by atoms with van der Waals surface area (Å²) in [6, 6.07) is 2.49. The van der Waals surface area contributed by atoms with E-state index in [0.29, 0.717) is 6.04 Å². The number of nitrogens with zero attached hydrogens (tertiary/aromatic N) is 1. The summed E-state index contributed by atoms with van der Waals surface area (Å²) in [4.78, 5) is 11.5. The Bertz CT molecular complexity index is 263. The number of nitriles is 1. The molecule has 0 aromatic carbocycles. The standard InChI is InChI=1S/C8H12N3OP/c9-2-3-10-7(12)8-11-6-1-4-13(8)5-6/h6,8,11H,1,3-5H2,(H,10,12)/t6?,8-,13?/m0/s1. The van der Waals surface area contributed by atoms with Gasteiger partial charge in [0.25, 0.3) is 0 Å². The van der Waals surface area contributed by atoms with E-state index >= 15 is 0 Å². The molecule has 5 heteroatoms. The fourth-order valence-corrected chi connectivity index (χ4v) is 4.94. The maximum atomic E-state index is 11.5. The Morgan fingerprint density at radius 2 is 2.62 bits per heavy atom. The summed E-state index contributed by atoms with van der Waals surface area (Å²) in [7, 11) is -0.121. The van der Waals surface area contributed by atoms with Gasteiger partial charge in [-0.2, -0.15) is 5.26 Å². The predicted octanol–water partition coefficient (Wildman–Crippen LogP) is -0.190. The van der Waals surface area contributed by atoms with Crippen molar-refractivity contribution in [3.8, 4) is 6.07 Å². The molecule has 3 atom stereocenters. The number of carbonyl (C=O) groups excluding carboxylic acids is 1. The summed E-state index contributed by atoms with van der Waals surface area (Å²) in [5.41, 5.74) is 0. The van der Waals surface area contributed by atoms with E-state index in [-0.39, 0.29) is 26.2 Å². The number of hydrogen-bond acceptors (Lipinski definition) is 3. The fraction of sp³-hybridized carbons (Fsp3) is 0.750. The van der Waals surface area contributed by atoms with Crippen LogP contribution in [0.2, 0.25) is 0 Å². The molecule has 0 aromatic heterocycles. The lowest BCUT2D eigenvalue weighted by Gasteiger charge is -2.21. The molecule has 0 radical (unpaired) electrons. The topological polar surface area (TPSA) is 64.9 Å². The second kappa shape index (κ2) is 3.61. The van der Waals surface area contributed by atoms with Crippen LogP contribution in [0.3, 0.4) is 0 Å². The van der Waals surface area contributed by atoms with Crippen molar-refractivity contribution in [3.63, 3.8) is 0 Å². The van der Waals surface area contributed by atoms with Crippen LogP contribution in [0.5, 0.6) is 0 Å². The van der Waals surface area contributed by atoms with Crippen molar-refractivity contribution in [1.29, 1.82) is 5.26 Å². The van der Waals surface area contributed by atoms with Gasteiger partial charge in [0.2, 0.25) is 5.91 Å². The van der Waals surface area contributed by atoms with Crippen molar-refractivity contribution in [2.75, 3.05) is 18.9 Å². The van der Waals surface area contributed by atoms with Crippen LogP contribution in [-0.4, -0.2) is 36.6 Å². The van der Waals surface area contributed by atoms with Crippen molar-refractivity contribution >= 4 is 13.8 Å². The minimum atomic E-state index is -0.121. The van der Waals surface area contributed by atoms with E-state index in [1.807, 2.05) is 6.07 Å². The van der Waals surface area contributed by atoms with Crippen molar-refractivity contribution in [2.24, 2.45) is 0 Å². The molecule has 0 aliphatic carbocycles. The third-order valence-electron chi connectivity index (χ3n) is 2.57. The van der Waals surface area contributed by atoms with Gasteiger partial charge >= 0.3 is 0 Å². The summed E-state index contributed by atoms with van der Waals surface area (Å²) < 4.78 is 0. The van der Waals surface area contributed by atoms with E-state index in [4.69, 9.17) is 5.26 Å². The van der Waals surface area contributed by atoms with Crippen molar-refractivity contribution in [2.45, 2.75) is 18.2 Å². The summed E-state index contributed by atoms with van der Waals surface area (Å²) in [5, 5.41) is 14.2. The summed E-state index contributed by atoms with van der Waals surface area (Å²) in [5.74, 6) is 0.0527. The Morgan fingerprint density at radius 1 is 1.77 bits per heavy atom. The first kappa shape index (κ1) is 8.93. The third-order valence-corrected chi connectivity index (χ3v) is 5.42. The predicted molar refractivity (Wildman–Crippen MR) is 50.6 cm³/mol. The number of amides is 1. The van der Waals surface area contributed by atoms with Gasteiger partial charge in [-0.05, 0) is 18.7 Å². The van der Waals surface area contributed by atoms with Gasteiger partial charge in [0, 0.05) is 6.04 Å². The average molecular weight is 197 g/mol. The van der Waals surface area contributed by atoms with Gasteiger partial charge in [-0.15, -0.1) is 0 Å². The molecule has 2 bridgehead atoms. The van der Waals surface area contributed by atoms with E-state index in [2.05, 4.69) is 10.6 Å². The molecular formula is C8H12N3OP. The van der Waals surface area contributed by atoms with Crippen LogP contribution in [0, 0.1) is 11.3 Å². The van der Waals surface area contributed by atoms with Gasteiger partial charge in [-0.25, -0.2) is 0 Å². The Hall–Kier alpha value is -0.650. The SMILES string of the molecule is N#CCNC(=O)[C@H]1NC2CCP1C2. The first-order valence-corrected chi connectivity index (χ1v) is 6.24. The van der Waals surface area contributed by atoms with Crippen molar-refractivity contribution < 1.29 is 4.79 Å². The highest BCUT2D eigenvalue weighted by atomic mass is 31.1. The zero-order chi connectivity index (χ0) is 9.26. The van der Waals surface area contributed by atoms with Crippen LogP contribution in [0.1, 0.15) is 6.42 Å². The molecule has 70 valence electrons. The molecule has 0 saturated carbocycles. The van der Waals surface area contributed by atoms with E-state index in [0.717, 1.165) is 0 Å². The number of fused-ring (bicyclic) bond motifs is 2. The van der Waals surface area contributed by atoms with Crippen molar-refractivity contribution in [3.05, 3.63) is 0 Å².